The van der Waals surface area contributed by atoms with Crippen LogP contribution in [-0.2, 0) is 6.54 Å². The fourth-order valence-electron chi connectivity index (χ4n) is 2.93. The van der Waals surface area contributed by atoms with Crippen molar-refractivity contribution in [2.24, 2.45) is 0 Å². The van der Waals surface area contributed by atoms with Crippen molar-refractivity contribution in [3.8, 4) is 0 Å². The molecule has 1 aliphatic rings. The largest absolute Gasteiger partial charge is 0.348 e. The number of nitrogens with one attached hydrogen (secondary N) is 3. The Morgan fingerprint density at radius 3 is 2.71 bits per heavy atom. The third-order valence-corrected chi connectivity index (χ3v) is 4.64. The van der Waals surface area contributed by atoms with Gasteiger partial charge >= 0.3 is 0 Å². The third-order valence-electron chi connectivity index (χ3n) is 4.28. The minimum absolute atomic E-state index is 0.0571. The summed E-state index contributed by atoms with van der Waals surface area (Å²) in [6, 6.07) is 10.1. The average Bonchev–Trinajstić information content (AvgIpc) is 3.08. The molecular weight excluding hydrogens is 329 g/mol. The van der Waals surface area contributed by atoms with Gasteiger partial charge in [-0.2, -0.15) is 0 Å². The topological polar surface area (TPSA) is 53.2 Å². The Labute approximate surface area is 145 Å². The maximum Gasteiger partial charge on any atom is 0.251 e. The molecule has 126 valence electrons. The number of hydrogen-bond acceptors (Lipinski definition) is 3. The number of aryl methyl sites for hydroxylation is 1. The summed E-state index contributed by atoms with van der Waals surface area (Å²) in [5.74, 6) is -0.262. The van der Waals surface area contributed by atoms with Crippen LogP contribution in [0.5, 0.6) is 0 Å². The lowest BCUT2D eigenvalue weighted by atomic mass is 9.94. The maximum absolute atomic E-state index is 13.7. The lowest BCUT2D eigenvalue weighted by Crippen LogP contribution is -2.23. The van der Waals surface area contributed by atoms with Crippen molar-refractivity contribution >= 4 is 17.5 Å². The van der Waals surface area contributed by atoms with E-state index >= 15 is 0 Å². The molecule has 0 spiro atoms. The number of benzene rings is 2. The fraction of sp³-hybridized carbons (Fsp3) is 0.278. The van der Waals surface area contributed by atoms with Gasteiger partial charge in [0.15, 0.2) is 0 Å². The van der Waals surface area contributed by atoms with E-state index in [1.807, 2.05) is 19.1 Å². The monoisotopic (exact) mass is 347 g/mol. The van der Waals surface area contributed by atoms with Crippen molar-refractivity contribution in [1.29, 1.82) is 0 Å². The number of rotatable bonds is 4. The van der Waals surface area contributed by atoms with Crippen molar-refractivity contribution in [2.75, 3.05) is 13.1 Å². The molecule has 0 bridgehead atoms. The first kappa shape index (κ1) is 16.9. The zero-order valence-corrected chi connectivity index (χ0v) is 14.1. The Balaban J connectivity index is 1.70. The van der Waals surface area contributed by atoms with E-state index in [9.17, 15) is 9.18 Å². The van der Waals surface area contributed by atoms with Crippen molar-refractivity contribution in [3.63, 3.8) is 0 Å². The van der Waals surface area contributed by atoms with Gasteiger partial charge in [0.1, 0.15) is 5.82 Å². The second-order valence-electron chi connectivity index (χ2n) is 5.91. The first-order chi connectivity index (χ1) is 11.6. The van der Waals surface area contributed by atoms with Gasteiger partial charge < -0.3 is 5.32 Å². The molecule has 1 saturated heterocycles. The van der Waals surface area contributed by atoms with Crippen molar-refractivity contribution in [1.82, 2.24) is 16.2 Å². The van der Waals surface area contributed by atoms with Crippen LogP contribution < -0.4 is 16.2 Å². The molecule has 3 rings (SSSR count). The van der Waals surface area contributed by atoms with E-state index in [2.05, 4.69) is 16.2 Å². The van der Waals surface area contributed by atoms with E-state index in [1.54, 1.807) is 12.1 Å². The molecule has 24 heavy (non-hydrogen) atoms. The average molecular weight is 348 g/mol. The van der Waals surface area contributed by atoms with E-state index < -0.39 is 5.82 Å². The normalized spacial score (nSPS) is 14.8. The summed E-state index contributed by atoms with van der Waals surface area (Å²) in [7, 11) is 0. The van der Waals surface area contributed by atoms with Gasteiger partial charge in [0.25, 0.3) is 5.91 Å². The minimum atomic E-state index is -0.421. The summed E-state index contributed by atoms with van der Waals surface area (Å²) in [4.78, 5) is 12.3. The highest BCUT2D eigenvalue weighted by Crippen LogP contribution is 2.22. The first-order valence-electron chi connectivity index (χ1n) is 7.83. The molecule has 6 heteroatoms. The van der Waals surface area contributed by atoms with Crippen LogP contribution in [0.3, 0.4) is 0 Å². The van der Waals surface area contributed by atoms with E-state index in [0.717, 1.165) is 18.7 Å². The summed E-state index contributed by atoms with van der Waals surface area (Å²) in [5.41, 5.74) is 9.36. The fourth-order valence-corrected chi connectivity index (χ4v) is 3.16. The second kappa shape index (κ2) is 7.30. The van der Waals surface area contributed by atoms with Crippen LogP contribution in [0.4, 0.5) is 4.39 Å². The van der Waals surface area contributed by atoms with E-state index in [4.69, 9.17) is 11.6 Å². The van der Waals surface area contributed by atoms with Gasteiger partial charge in [-0.15, -0.1) is 0 Å². The number of hydrazine groups is 1. The van der Waals surface area contributed by atoms with Gasteiger partial charge in [-0.05, 0) is 42.3 Å². The molecule has 1 fully saturated rings. The number of halogens is 2. The molecule has 4 nitrogen and oxygen atoms in total. The summed E-state index contributed by atoms with van der Waals surface area (Å²) >= 11 is 5.97. The molecule has 1 aliphatic heterocycles. The number of carbonyl (C=O) groups excluding carboxylic acids is 1. The van der Waals surface area contributed by atoms with Crippen molar-refractivity contribution < 1.29 is 9.18 Å². The van der Waals surface area contributed by atoms with Gasteiger partial charge in [-0.3, -0.25) is 15.6 Å². The highest BCUT2D eigenvalue weighted by molar-refractivity contribution is 6.31. The predicted octanol–water partition coefficient (Wildman–Crippen LogP) is 2.91. The van der Waals surface area contributed by atoms with Gasteiger partial charge in [0.05, 0.1) is 0 Å². The van der Waals surface area contributed by atoms with Crippen LogP contribution in [0.15, 0.2) is 36.4 Å². The zero-order valence-electron chi connectivity index (χ0n) is 13.3. The Morgan fingerprint density at radius 2 is 2.04 bits per heavy atom. The molecule has 1 amide bonds. The Hall–Kier alpha value is -1.95. The van der Waals surface area contributed by atoms with Crippen molar-refractivity contribution in [2.45, 2.75) is 19.4 Å². The Kier molecular flexibility index (Phi) is 5.14. The first-order valence-corrected chi connectivity index (χ1v) is 8.21. The molecule has 0 atom stereocenters. The van der Waals surface area contributed by atoms with Crippen LogP contribution in [0.25, 0.3) is 0 Å². The highest BCUT2D eigenvalue weighted by Gasteiger charge is 2.19. The molecule has 1 heterocycles. The molecule has 2 aromatic carbocycles. The summed E-state index contributed by atoms with van der Waals surface area (Å²) in [6.45, 7) is 3.80. The highest BCUT2D eigenvalue weighted by atomic mass is 35.5. The van der Waals surface area contributed by atoms with Crippen LogP contribution in [0.2, 0.25) is 5.02 Å². The van der Waals surface area contributed by atoms with Crippen LogP contribution in [0, 0.1) is 12.7 Å². The molecular formula is C18H19ClFN3O. The van der Waals surface area contributed by atoms with E-state index in [1.165, 1.54) is 17.7 Å². The summed E-state index contributed by atoms with van der Waals surface area (Å²) in [5, 5.41) is 3.03. The van der Waals surface area contributed by atoms with Crippen LogP contribution >= 0.6 is 11.6 Å². The lowest BCUT2D eigenvalue weighted by Gasteiger charge is -2.13. The summed E-state index contributed by atoms with van der Waals surface area (Å²) in [6.07, 6.45) is 0. The van der Waals surface area contributed by atoms with Gasteiger partial charge in [-0.25, -0.2) is 4.39 Å². The Bertz CT molecular complexity index is 740. The zero-order chi connectivity index (χ0) is 17.1. The van der Waals surface area contributed by atoms with E-state index in [0.29, 0.717) is 22.1 Å². The number of amides is 1. The SMILES string of the molecule is Cc1cc(C(=O)NCc2c(F)cccc2Cl)ccc1C1CNNC1. The number of hydrogen-bond donors (Lipinski definition) is 3. The van der Waals surface area contributed by atoms with Crippen LogP contribution in [-0.4, -0.2) is 19.0 Å². The summed E-state index contributed by atoms with van der Waals surface area (Å²) < 4.78 is 13.7. The standard InChI is InChI=1S/C18H19ClFN3O/c1-11-7-12(5-6-14(11)13-8-22-23-9-13)18(24)21-10-15-16(19)3-2-4-17(15)20/h2-7,13,22-23H,8-10H2,1H3,(H,21,24). The quantitative estimate of drug-likeness (QED) is 0.797. The smallest absolute Gasteiger partial charge is 0.251 e. The number of carbonyl (C=O) groups is 1. The molecule has 0 aromatic heterocycles. The molecule has 2 aromatic rings. The van der Waals surface area contributed by atoms with Gasteiger partial charge in [0.2, 0.25) is 0 Å². The molecule has 3 N–H and O–H groups in total. The van der Waals surface area contributed by atoms with Gasteiger partial charge in [-0.1, -0.05) is 23.7 Å². The lowest BCUT2D eigenvalue weighted by molar-refractivity contribution is 0.0950. The molecule has 0 aliphatic carbocycles. The Morgan fingerprint density at radius 1 is 1.29 bits per heavy atom. The minimum Gasteiger partial charge on any atom is -0.348 e. The predicted molar refractivity (Wildman–Crippen MR) is 92.5 cm³/mol. The van der Waals surface area contributed by atoms with Crippen molar-refractivity contribution in [3.05, 3.63) is 69.5 Å². The van der Waals surface area contributed by atoms with Crippen LogP contribution in [0.1, 0.15) is 33.0 Å². The second-order valence-corrected chi connectivity index (χ2v) is 6.32. The maximum atomic E-state index is 13.7. The van der Waals surface area contributed by atoms with E-state index in [-0.39, 0.29) is 12.5 Å². The molecule has 0 saturated carbocycles. The third kappa shape index (κ3) is 3.59. The molecule has 0 unspecified atom stereocenters. The molecule has 0 radical (unpaired) electrons. The van der Waals surface area contributed by atoms with Gasteiger partial charge in [0, 0.05) is 41.7 Å².